The van der Waals surface area contributed by atoms with Crippen molar-refractivity contribution in [2.75, 3.05) is 6.61 Å². The molecule has 1 fully saturated rings. The molecule has 1 saturated heterocycles. The predicted octanol–water partition coefficient (Wildman–Crippen LogP) is 1.33. The number of amides is 3. The van der Waals surface area contributed by atoms with E-state index in [4.69, 9.17) is 10.6 Å². The molecule has 0 radical (unpaired) electrons. The molecule has 1 atom stereocenters. The average molecular weight is 291 g/mol. The number of hydrogen-bond donors (Lipinski definition) is 2. The molecule has 0 spiro atoms. The first-order chi connectivity index (χ1) is 9.86. The molecule has 6 heteroatoms. The highest BCUT2D eigenvalue weighted by molar-refractivity contribution is 6.06. The number of hydrazine groups is 1. The first kappa shape index (κ1) is 15.5. The number of benzene rings is 1. The molecule has 1 unspecified atom stereocenters. The fraction of sp³-hybridized carbons (Fsp3) is 0.467. The van der Waals surface area contributed by atoms with Gasteiger partial charge in [0.1, 0.15) is 5.54 Å². The lowest BCUT2D eigenvalue weighted by atomic mass is 9.87. The molecule has 3 N–H and O–H groups in total. The summed E-state index contributed by atoms with van der Waals surface area (Å²) in [5.74, 6) is 4.87. The number of imide groups is 1. The van der Waals surface area contributed by atoms with Crippen molar-refractivity contribution in [2.24, 2.45) is 11.8 Å². The topological polar surface area (TPSA) is 84.7 Å². The van der Waals surface area contributed by atoms with Gasteiger partial charge in [0.25, 0.3) is 5.91 Å². The van der Waals surface area contributed by atoms with Crippen molar-refractivity contribution in [1.82, 2.24) is 10.3 Å². The van der Waals surface area contributed by atoms with Crippen LogP contribution in [-0.2, 0) is 16.1 Å². The number of carbonyl (C=O) groups is 2. The summed E-state index contributed by atoms with van der Waals surface area (Å²) in [5, 5.41) is 3.27. The zero-order chi connectivity index (χ0) is 15.6. The van der Waals surface area contributed by atoms with Crippen molar-refractivity contribution >= 4 is 11.9 Å². The van der Waals surface area contributed by atoms with Gasteiger partial charge in [-0.05, 0) is 18.4 Å². The summed E-state index contributed by atoms with van der Waals surface area (Å²) in [6.07, 6.45) is 0. The van der Waals surface area contributed by atoms with Crippen LogP contribution in [0.3, 0.4) is 0 Å². The maximum absolute atomic E-state index is 12.2. The molecule has 2 rings (SSSR count). The van der Waals surface area contributed by atoms with E-state index in [1.54, 1.807) is 0 Å². The summed E-state index contributed by atoms with van der Waals surface area (Å²) in [5.41, 5.74) is 1.10. The molecule has 1 aromatic rings. The van der Waals surface area contributed by atoms with Gasteiger partial charge in [0, 0.05) is 0 Å². The minimum Gasteiger partial charge on any atom is -0.374 e. The largest absolute Gasteiger partial charge is 0.374 e. The van der Waals surface area contributed by atoms with Crippen LogP contribution in [0.4, 0.5) is 4.79 Å². The number of nitrogens with one attached hydrogen (secondary N) is 1. The van der Waals surface area contributed by atoms with E-state index >= 15 is 0 Å². The van der Waals surface area contributed by atoms with Crippen LogP contribution in [0.15, 0.2) is 24.3 Å². The third kappa shape index (κ3) is 2.91. The molecule has 0 aliphatic carbocycles. The molecular formula is C15H21N3O3. The van der Waals surface area contributed by atoms with Crippen molar-refractivity contribution in [3.8, 4) is 0 Å². The summed E-state index contributed by atoms with van der Waals surface area (Å²) in [6, 6.07) is 7.36. The van der Waals surface area contributed by atoms with Crippen LogP contribution in [0, 0.1) is 12.8 Å². The molecule has 6 nitrogen and oxygen atoms in total. The lowest BCUT2D eigenvalue weighted by Gasteiger charge is -2.30. The van der Waals surface area contributed by atoms with E-state index in [-0.39, 0.29) is 12.5 Å². The van der Waals surface area contributed by atoms with Crippen LogP contribution in [0.2, 0.25) is 0 Å². The van der Waals surface area contributed by atoms with E-state index in [0.29, 0.717) is 11.6 Å². The Hall–Kier alpha value is -1.92. The lowest BCUT2D eigenvalue weighted by Crippen LogP contribution is -2.55. The van der Waals surface area contributed by atoms with E-state index in [2.05, 4.69) is 5.32 Å². The summed E-state index contributed by atoms with van der Waals surface area (Å²) in [4.78, 5) is 23.8. The fourth-order valence-electron chi connectivity index (χ4n) is 2.28. The Kier molecular flexibility index (Phi) is 4.29. The van der Waals surface area contributed by atoms with Gasteiger partial charge >= 0.3 is 6.03 Å². The molecule has 1 aromatic carbocycles. The monoisotopic (exact) mass is 291 g/mol. The second-order valence-electron chi connectivity index (χ2n) is 5.71. The third-order valence-corrected chi connectivity index (χ3v) is 3.85. The highest BCUT2D eigenvalue weighted by atomic mass is 16.5. The Morgan fingerprint density at radius 1 is 1.29 bits per heavy atom. The van der Waals surface area contributed by atoms with Gasteiger partial charge in [0.05, 0.1) is 13.2 Å². The SMILES string of the molecule is Cc1ccc(COCC2(C(C)C)NC(=O)N(N)C2=O)cc1. The van der Waals surface area contributed by atoms with Gasteiger partial charge < -0.3 is 10.1 Å². The third-order valence-electron chi connectivity index (χ3n) is 3.85. The number of rotatable bonds is 5. The maximum atomic E-state index is 12.2. The summed E-state index contributed by atoms with van der Waals surface area (Å²) < 4.78 is 5.66. The molecule has 0 aromatic heterocycles. The average Bonchev–Trinajstić information content (AvgIpc) is 2.66. The van der Waals surface area contributed by atoms with E-state index in [1.165, 1.54) is 5.56 Å². The number of carbonyl (C=O) groups excluding carboxylic acids is 2. The van der Waals surface area contributed by atoms with Gasteiger partial charge in [0.2, 0.25) is 0 Å². The van der Waals surface area contributed by atoms with Gasteiger partial charge in [0.15, 0.2) is 0 Å². The standard InChI is InChI=1S/C15H21N3O3/c1-10(2)15(13(19)18(16)14(20)17-15)9-21-8-12-6-4-11(3)5-7-12/h4-7,10H,8-9,16H2,1-3H3,(H,17,20). The number of nitrogens with zero attached hydrogens (tertiary/aromatic N) is 1. The number of aryl methyl sites for hydroxylation is 1. The van der Waals surface area contributed by atoms with Crippen LogP contribution in [-0.4, -0.2) is 29.1 Å². The van der Waals surface area contributed by atoms with Crippen LogP contribution in [0.25, 0.3) is 0 Å². The first-order valence-electron chi connectivity index (χ1n) is 6.91. The van der Waals surface area contributed by atoms with E-state index in [0.717, 1.165) is 5.56 Å². The smallest absolute Gasteiger partial charge is 0.339 e. The molecule has 114 valence electrons. The molecule has 0 bridgehead atoms. The highest BCUT2D eigenvalue weighted by Gasteiger charge is 2.52. The number of nitrogens with two attached hydrogens (primary N) is 1. The normalized spacial score (nSPS) is 22.0. The van der Waals surface area contributed by atoms with Crippen LogP contribution in [0.1, 0.15) is 25.0 Å². The van der Waals surface area contributed by atoms with Gasteiger partial charge in [-0.25, -0.2) is 10.6 Å². The van der Waals surface area contributed by atoms with Crippen LogP contribution in [0.5, 0.6) is 0 Å². The van der Waals surface area contributed by atoms with Crippen molar-refractivity contribution < 1.29 is 14.3 Å². The Morgan fingerprint density at radius 2 is 1.90 bits per heavy atom. The van der Waals surface area contributed by atoms with Gasteiger partial charge in [-0.15, -0.1) is 0 Å². The van der Waals surface area contributed by atoms with E-state index < -0.39 is 17.5 Å². The van der Waals surface area contributed by atoms with E-state index in [1.807, 2.05) is 45.0 Å². The summed E-state index contributed by atoms with van der Waals surface area (Å²) >= 11 is 0. The lowest BCUT2D eigenvalue weighted by molar-refractivity contribution is -0.136. The molecule has 21 heavy (non-hydrogen) atoms. The number of hydrogen-bond acceptors (Lipinski definition) is 4. The van der Waals surface area contributed by atoms with Crippen LogP contribution < -0.4 is 11.2 Å². The summed E-state index contributed by atoms with van der Waals surface area (Å²) in [6.45, 7) is 6.19. The highest BCUT2D eigenvalue weighted by Crippen LogP contribution is 2.25. The van der Waals surface area contributed by atoms with E-state index in [9.17, 15) is 9.59 Å². The second-order valence-corrected chi connectivity index (χ2v) is 5.71. The molecule has 3 amide bonds. The number of urea groups is 1. The number of ether oxygens (including phenoxy) is 1. The van der Waals surface area contributed by atoms with Gasteiger partial charge in [-0.1, -0.05) is 43.7 Å². The first-order valence-corrected chi connectivity index (χ1v) is 6.91. The van der Waals surface area contributed by atoms with Gasteiger partial charge in [-0.3, -0.25) is 4.79 Å². The van der Waals surface area contributed by atoms with Crippen LogP contribution >= 0.6 is 0 Å². The minimum atomic E-state index is -1.09. The molecule has 1 aliphatic heterocycles. The second kappa shape index (κ2) is 5.83. The maximum Gasteiger partial charge on any atom is 0.339 e. The quantitative estimate of drug-likeness (QED) is 0.487. The fourth-order valence-corrected chi connectivity index (χ4v) is 2.28. The molecule has 1 heterocycles. The predicted molar refractivity (Wildman–Crippen MR) is 78.0 cm³/mol. The van der Waals surface area contributed by atoms with Crippen molar-refractivity contribution in [3.63, 3.8) is 0 Å². The zero-order valence-corrected chi connectivity index (χ0v) is 12.6. The van der Waals surface area contributed by atoms with Crippen molar-refractivity contribution in [1.29, 1.82) is 0 Å². The van der Waals surface area contributed by atoms with Gasteiger partial charge in [-0.2, -0.15) is 5.01 Å². The minimum absolute atomic E-state index is 0.0941. The Labute approximate surface area is 124 Å². The zero-order valence-electron chi connectivity index (χ0n) is 12.6. The Morgan fingerprint density at radius 3 is 2.38 bits per heavy atom. The molecule has 0 saturated carbocycles. The molecular weight excluding hydrogens is 270 g/mol. The summed E-state index contributed by atoms with van der Waals surface area (Å²) in [7, 11) is 0. The Bertz CT molecular complexity index is 542. The van der Waals surface area contributed by atoms with Crippen molar-refractivity contribution in [2.45, 2.75) is 32.9 Å². The Balaban J connectivity index is 2.03. The van der Waals surface area contributed by atoms with Crippen molar-refractivity contribution in [3.05, 3.63) is 35.4 Å². The molecule has 1 aliphatic rings.